The Morgan fingerprint density at radius 1 is 1.29 bits per heavy atom. The Kier molecular flexibility index (Phi) is 5.03. The normalized spacial score (nSPS) is 21.4. The summed E-state index contributed by atoms with van der Waals surface area (Å²) in [5, 5.41) is 10.0. The largest absolute Gasteiger partial charge is 0.378 e. The van der Waals surface area contributed by atoms with E-state index in [-0.39, 0.29) is 18.0 Å². The standard InChI is InChI=1S/C16H25N5O3/c1-11(2)13-9-14(19-18-13)15(22)21-4-3-12(10-21)17-16(23)20-5-7-24-8-6-20/h9,11-12H,3-8,10H2,1-2H3,(H,17,23)(H,18,19)/t12-/m1/s1. The lowest BCUT2D eigenvalue weighted by Crippen LogP contribution is -2.49. The maximum Gasteiger partial charge on any atom is 0.317 e. The van der Waals surface area contributed by atoms with Crippen LogP contribution in [0.15, 0.2) is 6.07 Å². The molecule has 1 atom stereocenters. The number of hydrogen-bond acceptors (Lipinski definition) is 4. The van der Waals surface area contributed by atoms with Gasteiger partial charge >= 0.3 is 6.03 Å². The molecule has 0 bridgehead atoms. The molecule has 24 heavy (non-hydrogen) atoms. The number of urea groups is 1. The number of carbonyl (C=O) groups is 2. The summed E-state index contributed by atoms with van der Waals surface area (Å²) in [6, 6.07) is 1.74. The molecule has 0 aliphatic carbocycles. The topological polar surface area (TPSA) is 90.6 Å². The molecular weight excluding hydrogens is 310 g/mol. The molecule has 0 unspecified atom stereocenters. The smallest absolute Gasteiger partial charge is 0.317 e. The van der Waals surface area contributed by atoms with Crippen LogP contribution in [0.5, 0.6) is 0 Å². The molecule has 132 valence electrons. The first kappa shape index (κ1) is 16.8. The van der Waals surface area contributed by atoms with Crippen LogP contribution in [0.3, 0.4) is 0 Å². The first-order chi connectivity index (χ1) is 11.5. The van der Waals surface area contributed by atoms with Gasteiger partial charge in [-0.2, -0.15) is 5.10 Å². The first-order valence-corrected chi connectivity index (χ1v) is 8.52. The quantitative estimate of drug-likeness (QED) is 0.854. The third-order valence-corrected chi connectivity index (χ3v) is 4.54. The Labute approximate surface area is 141 Å². The van der Waals surface area contributed by atoms with Crippen molar-refractivity contribution in [1.82, 2.24) is 25.3 Å². The van der Waals surface area contributed by atoms with Crippen LogP contribution in [0.25, 0.3) is 0 Å². The number of nitrogens with one attached hydrogen (secondary N) is 2. The van der Waals surface area contributed by atoms with Gasteiger partial charge in [0.15, 0.2) is 0 Å². The Bertz CT molecular complexity index is 594. The molecule has 2 fully saturated rings. The molecule has 0 aromatic carbocycles. The van der Waals surface area contributed by atoms with Crippen LogP contribution in [0.4, 0.5) is 4.79 Å². The van der Waals surface area contributed by atoms with Crippen molar-refractivity contribution in [1.29, 1.82) is 0 Å². The van der Waals surface area contributed by atoms with Crippen molar-refractivity contribution in [2.24, 2.45) is 0 Å². The van der Waals surface area contributed by atoms with E-state index in [1.807, 2.05) is 6.07 Å². The van der Waals surface area contributed by atoms with Gasteiger partial charge in [-0.3, -0.25) is 9.89 Å². The minimum absolute atomic E-state index is 0.00666. The fourth-order valence-electron chi connectivity index (χ4n) is 3.00. The lowest BCUT2D eigenvalue weighted by molar-refractivity contribution is 0.0525. The summed E-state index contributed by atoms with van der Waals surface area (Å²) in [4.78, 5) is 28.3. The van der Waals surface area contributed by atoms with Crippen molar-refractivity contribution in [2.45, 2.75) is 32.2 Å². The molecule has 0 spiro atoms. The van der Waals surface area contributed by atoms with Crippen molar-refractivity contribution in [3.63, 3.8) is 0 Å². The highest BCUT2D eigenvalue weighted by molar-refractivity contribution is 5.92. The van der Waals surface area contributed by atoms with Gasteiger partial charge in [0.2, 0.25) is 0 Å². The number of likely N-dealkylation sites (tertiary alicyclic amines) is 1. The Morgan fingerprint density at radius 3 is 2.71 bits per heavy atom. The van der Waals surface area contributed by atoms with Crippen molar-refractivity contribution >= 4 is 11.9 Å². The highest BCUT2D eigenvalue weighted by atomic mass is 16.5. The molecule has 3 amide bonds. The number of carbonyl (C=O) groups excluding carboxylic acids is 2. The lowest BCUT2D eigenvalue weighted by atomic mass is 10.1. The Morgan fingerprint density at radius 2 is 2.04 bits per heavy atom. The van der Waals surface area contributed by atoms with Crippen molar-refractivity contribution in [2.75, 3.05) is 39.4 Å². The van der Waals surface area contributed by atoms with E-state index in [4.69, 9.17) is 4.74 Å². The van der Waals surface area contributed by atoms with Gasteiger partial charge in [0, 0.05) is 37.9 Å². The highest BCUT2D eigenvalue weighted by Crippen LogP contribution is 2.16. The summed E-state index contributed by atoms with van der Waals surface area (Å²) in [6.45, 7) is 7.66. The summed E-state index contributed by atoms with van der Waals surface area (Å²) in [7, 11) is 0. The van der Waals surface area contributed by atoms with Gasteiger partial charge in [-0.15, -0.1) is 0 Å². The van der Waals surface area contributed by atoms with E-state index >= 15 is 0 Å². The van der Waals surface area contributed by atoms with Crippen LogP contribution < -0.4 is 5.32 Å². The molecule has 2 saturated heterocycles. The summed E-state index contributed by atoms with van der Waals surface area (Å²) < 4.78 is 5.25. The van der Waals surface area contributed by atoms with E-state index in [1.54, 1.807) is 9.80 Å². The second-order valence-corrected chi connectivity index (χ2v) is 6.65. The molecule has 3 rings (SSSR count). The van der Waals surface area contributed by atoms with Crippen LogP contribution in [-0.2, 0) is 4.74 Å². The predicted octanol–water partition coefficient (Wildman–Crippen LogP) is 0.789. The number of morpholine rings is 1. The van der Waals surface area contributed by atoms with E-state index in [0.717, 1.165) is 12.1 Å². The summed E-state index contributed by atoms with van der Waals surface area (Å²) in [5.74, 6) is 0.222. The monoisotopic (exact) mass is 335 g/mol. The Hall–Kier alpha value is -2.09. The van der Waals surface area contributed by atoms with Gasteiger partial charge in [0.25, 0.3) is 5.91 Å². The van der Waals surface area contributed by atoms with Crippen molar-refractivity contribution < 1.29 is 14.3 Å². The summed E-state index contributed by atoms with van der Waals surface area (Å²) in [5.41, 5.74) is 1.40. The third kappa shape index (κ3) is 3.69. The second-order valence-electron chi connectivity index (χ2n) is 6.65. The molecule has 1 aromatic heterocycles. The SMILES string of the molecule is CC(C)c1cc(C(=O)N2CC[C@@H](NC(=O)N3CCOCC3)C2)n[nH]1. The van der Waals surface area contributed by atoms with Crippen LogP contribution in [0, 0.1) is 0 Å². The minimum atomic E-state index is -0.0822. The summed E-state index contributed by atoms with van der Waals surface area (Å²) >= 11 is 0. The van der Waals surface area contributed by atoms with Crippen molar-refractivity contribution in [3.8, 4) is 0 Å². The molecule has 1 aromatic rings. The van der Waals surface area contributed by atoms with Gasteiger partial charge in [-0.1, -0.05) is 13.8 Å². The lowest BCUT2D eigenvalue weighted by Gasteiger charge is -2.28. The van der Waals surface area contributed by atoms with Gasteiger partial charge in [-0.25, -0.2) is 4.79 Å². The average molecular weight is 335 g/mol. The number of nitrogens with zero attached hydrogens (tertiary/aromatic N) is 3. The molecule has 3 heterocycles. The molecule has 0 saturated carbocycles. The summed E-state index contributed by atoms with van der Waals surface area (Å²) in [6.07, 6.45) is 0.767. The zero-order chi connectivity index (χ0) is 17.1. The van der Waals surface area contributed by atoms with E-state index in [1.165, 1.54) is 0 Å². The van der Waals surface area contributed by atoms with Gasteiger partial charge in [0.1, 0.15) is 5.69 Å². The number of ether oxygens (including phenoxy) is 1. The average Bonchev–Trinajstić information content (AvgIpc) is 3.24. The van der Waals surface area contributed by atoms with E-state index < -0.39 is 0 Å². The van der Waals surface area contributed by atoms with Gasteiger partial charge in [0.05, 0.1) is 13.2 Å². The molecule has 2 aliphatic rings. The third-order valence-electron chi connectivity index (χ3n) is 4.54. The molecular formula is C16H25N5O3. The van der Waals surface area contributed by atoms with Crippen LogP contribution in [0.1, 0.15) is 42.4 Å². The van der Waals surface area contributed by atoms with Gasteiger partial charge in [-0.05, 0) is 18.4 Å². The van der Waals surface area contributed by atoms with Crippen LogP contribution in [0.2, 0.25) is 0 Å². The number of hydrogen-bond donors (Lipinski definition) is 2. The molecule has 0 radical (unpaired) electrons. The zero-order valence-corrected chi connectivity index (χ0v) is 14.2. The second kappa shape index (κ2) is 7.21. The fraction of sp³-hybridized carbons (Fsp3) is 0.688. The predicted molar refractivity (Wildman–Crippen MR) is 87.9 cm³/mol. The van der Waals surface area contributed by atoms with E-state index in [9.17, 15) is 9.59 Å². The fourth-order valence-corrected chi connectivity index (χ4v) is 3.00. The first-order valence-electron chi connectivity index (χ1n) is 8.52. The number of rotatable bonds is 3. The highest BCUT2D eigenvalue weighted by Gasteiger charge is 2.30. The van der Waals surface area contributed by atoms with E-state index in [2.05, 4.69) is 29.4 Å². The Balaban J connectivity index is 1.52. The molecule has 2 aliphatic heterocycles. The number of amides is 3. The minimum Gasteiger partial charge on any atom is -0.378 e. The van der Waals surface area contributed by atoms with E-state index in [0.29, 0.717) is 51.0 Å². The van der Waals surface area contributed by atoms with Gasteiger partial charge < -0.3 is 19.9 Å². The van der Waals surface area contributed by atoms with Crippen molar-refractivity contribution in [3.05, 3.63) is 17.5 Å². The molecule has 2 N–H and O–H groups in total. The van der Waals surface area contributed by atoms with Crippen LogP contribution >= 0.6 is 0 Å². The maximum atomic E-state index is 12.5. The number of H-pyrrole nitrogens is 1. The van der Waals surface area contributed by atoms with Crippen LogP contribution in [-0.4, -0.2) is 77.4 Å². The maximum absolute atomic E-state index is 12.5. The zero-order valence-electron chi connectivity index (χ0n) is 14.2. The number of aromatic amines is 1. The number of aromatic nitrogens is 2. The molecule has 8 heteroatoms. The molecule has 8 nitrogen and oxygen atoms in total.